The molecule has 0 saturated heterocycles. The monoisotopic (exact) mass is 294 g/mol. The number of nitrogens with one attached hydrogen (secondary N) is 1. The van der Waals surface area contributed by atoms with Crippen LogP contribution in [-0.4, -0.2) is 35.1 Å². The van der Waals surface area contributed by atoms with E-state index in [1.165, 1.54) is 13.4 Å². The fourth-order valence-electron chi connectivity index (χ4n) is 2.09. The molecule has 21 heavy (non-hydrogen) atoms. The van der Waals surface area contributed by atoms with E-state index in [0.717, 1.165) is 11.3 Å². The molecule has 2 aromatic rings. The summed E-state index contributed by atoms with van der Waals surface area (Å²) in [7, 11) is 4.88. The number of nitrogens with zero attached hydrogens (tertiary/aromatic N) is 3. The lowest BCUT2D eigenvalue weighted by molar-refractivity contribution is 0.0945. The van der Waals surface area contributed by atoms with Gasteiger partial charge < -0.3 is 19.3 Å². The molecule has 0 aromatic carbocycles. The summed E-state index contributed by atoms with van der Waals surface area (Å²) < 4.78 is 16.7. The minimum Gasteiger partial charge on any atom is -0.481 e. The SMILES string of the molecule is COCc1nocc1C(=O)NCc1c(C)nn(C)c1OC. The lowest BCUT2D eigenvalue weighted by Gasteiger charge is -2.07. The van der Waals surface area contributed by atoms with Gasteiger partial charge in [0.1, 0.15) is 17.5 Å². The summed E-state index contributed by atoms with van der Waals surface area (Å²) in [6.45, 7) is 2.38. The number of methoxy groups -OCH3 is 2. The number of carbonyl (C=O) groups is 1. The van der Waals surface area contributed by atoms with E-state index in [-0.39, 0.29) is 12.5 Å². The van der Waals surface area contributed by atoms with Gasteiger partial charge in [-0.25, -0.2) is 4.68 Å². The second-order valence-electron chi connectivity index (χ2n) is 4.49. The maximum atomic E-state index is 12.2. The first kappa shape index (κ1) is 15.0. The van der Waals surface area contributed by atoms with Crippen LogP contribution in [0.2, 0.25) is 0 Å². The van der Waals surface area contributed by atoms with Crippen LogP contribution in [0, 0.1) is 6.92 Å². The molecule has 2 aromatic heterocycles. The normalized spacial score (nSPS) is 10.7. The van der Waals surface area contributed by atoms with E-state index in [2.05, 4.69) is 15.6 Å². The van der Waals surface area contributed by atoms with E-state index in [1.54, 1.807) is 18.8 Å². The van der Waals surface area contributed by atoms with Crippen molar-refractivity contribution in [1.82, 2.24) is 20.3 Å². The molecule has 1 amide bonds. The number of hydrogen-bond acceptors (Lipinski definition) is 6. The van der Waals surface area contributed by atoms with E-state index in [1.807, 2.05) is 6.92 Å². The largest absolute Gasteiger partial charge is 0.481 e. The van der Waals surface area contributed by atoms with Gasteiger partial charge >= 0.3 is 0 Å². The van der Waals surface area contributed by atoms with E-state index in [0.29, 0.717) is 23.7 Å². The molecule has 0 unspecified atom stereocenters. The third kappa shape index (κ3) is 3.05. The van der Waals surface area contributed by atoms with E-state index >= 15 is 0 Å². The van der Waals surface area contributed by atoms with Gasteiger partial charge in [0.15, 0.2) is 0 Å². The first-order valence-electron chi connectivity index (χ1n) is 6.35. The molecule has 0 aliphatic heterocycles. The zero-order valence-corrected chi connectivity index (χ0v) is 12.5. The molecule has 2 rings (SSSR count). The van der Waals surface area contributed by atoms with Gasteiger partial charge in [-0.2, -0.15) is 5.10 Å². The van der Waals surface area contributed by atoms with Crippen LogP contribution < -0.4 is 10.1 Å². The predicted octanol–water partition coefficient (Wildman–Crippen LogP) is 0.802. The van der Waals surface area contributed by atoms with Crippen molar-refractivity contribution in [3.8, 4) is 5.88 Å². The fraction of sp³-hybridized carbons (Fsp3) is 0.462. The van der Waals surface area contributed by atoms with E-state index in [4.69, 9.17) is 14.0 Å². The van der Waals surface area contributed by atoms with Crippen LogP contribution in [0.3, 0.4) is 0 Å². The third-order valence-corrected chi connectivity index (χ3v) is 3.08. The van der Waals surface area contributed by atoms with Crippen LogP contribution in [0.4, 0.5) is 0 Å². The molecule has 0 aliphatic carbocycles. The van der Waals surface area contributed by atoms with Gasteiger partial charge in [-0.3, -0.25) is 4.79 Å². The van der Waals surface area contributed by atoms with Crippen LogP contribution in [0.5, 0.6) is 5.88 Å². The van der Waals surface area contributed by atoms with Crippen LogP contribution in [-0.2, 0) is 24.9 Å². The van der Waals surface area contributed by atoms with Crippen molar-refractivity contribution in [3.05, 3.63) is 28.8 Å². The van der Waals surface area contributed by atoms with Crippen LogP contribution >= 0.6 is 0 Å². The molecule has 0 aliphatic rings. The highest BCUT2D eigenvalue weighted by atomic mass is 16.5. The Kier molecular flexibility index (Phi) is 4.59. The Hall–Kier alpha value is -2.35. The van der Waals surface area contributed by atoms with Crippen molar-refractivity contribution in [2.75, 3.05) is 14.2 Å². The molecule has 0 fully saturated rings. The molecule has 2 heterocycles. The lowest BCUT2D eigenvalue weighted by Crippen LogP contribution is -2.24. The average Bonchev–Trinajstić information content (AvgIpc) is 3.01. The first-order chi connectivity index (χ1) is 10.1. The number of amides is 1. The van der Waals surface area contributed by atoms with Crippen molar-refractivity contribution < 1.29 is 18.8 Å². The molecule has 0 saturated carbocycles. The Balaban J connectivity index is 2.09. The summed E-state index contributed by atoms with van der Waals surface area (Å²) in [5, 5.41) is 10.8. The standard InChI is InChI=1S/C13H18N4O4/c1-8-9(13(20-4)17(2)15-8)5-14-12(18)10-6-21-16-11(10)7-19-3/h6H,5,7H2,1-4H3,(H,14,18). The maximum Gasteiger partial charge on any atom is 0.256 e. The Bertz CT molecular complexity index is 632. The molecule has 0 bridgehead atoms. The van der Waals surface area contributed by atoms with Gasteiger partial charge in [0, 0.05) is 14.2 Å². The number of ether oxygens (including phenoxy) is 2. The summed E-state index contributed by atoms with van der Waals surface area (Å²) in [5.41, 5.74) is 2.46. The van der Waals surface area contributed by atoms with Crippen LogP contribution in [0.15, 0.2) is 10.8 Å². The van der Waals surface area contributed by atoms with Crippen molar-refractivity contribution in [3.63, 3.8) is 0 Å². The van der Waals surface area contributed by atoms with Gasteiger partial charge in [0.25, 0.3) is 5.91 Å². The summed E-state index contributed by atoms with van der Waals surface area (Å²) in [5.74, 6) is 0.337. The molecule has 0 radical (unpaired) electrons. The summed E-state index contributed by atoms with van der Waals surface area (Å²) >= 11 is 0. The molecular weight excluding hydrogens is 276 g/mol. The Morgan fingerprint density at radius 2 is 2.24 bits per heavy atom. The fourth-order valence-corrected chi connectivity index (χ4v) is 2.09. The smallest absolute Gasteiger partial charge is 0.256 e. The van der Waals surface area contributed by atoms with Crippen molar-refractivity contribution in [2.45, 2.75) is 20.1 Å². The molecule has 114 valence electrons. The highest BCUT2D eigenvalue weighted by Gasteiger charge is 2.18. The Morgan fingerprint density at radius 3 is 2.90 bits per heavy atom. The number of aryl methyl sites for hydroxylation is 2. The summed E-state index contributed by atoms with van der Waals surface area (Å²) in [6, 6.07) is 0. The number of rotatable bonds is 6. The second kappa shape index (κ2) is 6.40. The number of carbonyl (C=O) groups excluding carboxylic acids is 1. The molecule has 0 spiro atoms. The third-order valence-electron chi connectivity index (χ3n) is 3.08. The van der Waals surface area contributed by atoms with Crippen molar-refractivity contribution in [2.24, 2.45) is 7.05 Å². The van der Waals surface area contributed by atoms with E-state index in [9.17, 15) is 4.79 Å². The Morgan fingerprint density at radius 1 is 1.48 bits per heavy atom. The molecule has 1 N–H and O–H groups in total. The molecule has 0 atom stereocenters. The lowest BCUT2D eigenvalue weighted by atomic mass is 10.2. The van der Waals surface area contributed by atoms with Gasteiger partial charge in [0.2, 0.25) is 5.88 Å². The number of aromatic nitrogens is 3. The Labute approximate surface area is 122 Å². The highest BCUT2D eigenvalue weighted by molar-refractivity contribution is 5.94. The second-order valence-corrected chi connectivity index (χ2v) is 4.49. The minimum atomic E-state index is -0.284. The number of hydrogen-bond donors (Lipinski definition) is 1. The average molecular weight is 294 g/mol. The molecule has 8 heteroatoms. The predicted molar refractivity (Wildman–Crippen MR) is 72.9 cm³/mol. The molecular formula is C13H18N4O4. The van der Waals surface area contributed by atoms with Gasteiger partial charge in [-0.15, -0.1) is 0 Å². The van der Waals surface area contributed by atoms with Gasteiger partial charge in [-0.1, -0.05) is 5.16 Å². The zero-order valence-electron chi connectivity index (χ0n) is 12.5. The summed E-state index contributed by atoms with van der Waals surface area (Å²) in [4.78, 5) is 12.2. The van der Waals surface area contributed by atoms with Gasteiger partial charge in [-0.05, 0) is 6.92 Å². The quantitative estimate of drug-likeness (QED) is 0.847. The van der Waals surface area contributed by atoms with Crippen LogP contribution in [0.25, 0.3) is 0 Å². The first-order valence-corrected chi connectivity index (χ1v) is 6.35. The van der Waals surface area contributed by atoms with Gasteiger partial charge in [0.05, 0.1) is 31.5 Å². The topological polar surface area (TPSA) is 91.4 Å². The minimum absolute atomic E-state index is 0.217. The zero-order chi connectivity index (χ0) is 15.4. The summed E-state index contributed by atoms with van der Waals surface area (Å²) in [6.07, 6.45) is 1.30. The highest BCUT2D eigenvalue weighted by Crippen LogP contribution is 2.20. The van der Waals surface area contributed by atoms with Crippen molar-refractivity contribution in [1.29, 1.82) is 0 Å². The van der Waals surface area contributed by atoms with Crippen LogP contribution in [0.1, 0.15) is 27.3 Å². The van der Waals surface area contributed by atoms with E-state index < -0.39 is 0 Å². The molecule has 8 nitrogen and oxygen atoms in total. The van der Waals surface area contributed by atoms with Crippen molar-refractivity contribution >= 4 is 5.91 Å². The maximum absolute atomic E-state index is 12.2.